The third kappa shape index (κ3) is 9.35. The van der Waals surface area contributed by atoms with Crippen LogP contribution in [0.5, 0.6) is 0 Å². The highest BCUT2D eigenvalue weighted by Crippen LogP contribution is 2.17. The highest BCUT2D eigenvalue weighted by atomic mass is 35.5. The van der Waals surface area contributed by atoms with E-state index in [1.807, 2.05) is 6.20 Å². The van der Waals surface area contributed by atoms with Gasteiger partial charge >= 0.3 is 0 Å². The molecule has 0 saturated carbocycles. The molecule has 0 fully saturated rings. The molecule has 0 unspecified atom stereocenters. The maximum atomic E-state index is 4.65. The molecular weight excluding hydrogens is 302 g/mol. The zero-order valence-corrected chi connectivity index (χ0v) is 15.7. The van der Waals surface area contributed by atoms with Crippen LogP contribution in [0.4, 0.5) is 0 Å². The molecule has 0 radical (unpaired) electrons. The fraction of sp³-hybridized carbons (Fsp3) is 0.762. The first-order chi connectivity index (χ1) is 11.0. The van der Waals surface area contributed by atoms with Crippen molar-refractivity contribution in [2.75, 3.05) is 0 Å². The molecule has 0 atom stereocenters. The van der Waals surface area contributed by atoms with Gasteiger partial charge in [0.15, 0.2) is 0 Å². The predicted octanol–water partition coefficient (Wildman–Crippen LogP) is 7.06. The predicted molar refractivity (Wildman–Crippen MR) is 104 cm³/mol. The van der Waals surface area contributed by atoms with Crippen molar-refractivity contribution in [3.8, 4) is 0 Å². The van der Waals surface area contributed by atoms with E-state index in [4.69, 9.17) is 0 Å². The van der Waals surface area contributed by atoms with E-state index in [0.29, 0.717) is 0 Å². The Kier molecular flexibility index (Phi) is 12.3. The van der Waals surface area contributed by atoms with Crippen molar-refractivity contribution in [2.45, 2.75) is 103 Å². The first-order valence-electron chi connectivity index (χ1n) is 9.89. The molecule has 2 rings (SSSR count). The van der Waals surface area contributed by atoms with E-state index in [-0.39, 0.29) is 12.4 Å². The molecule has 1 aromatic heterocycles. The molecule has 2 heteroatoms. The minimum atomic E-state index is 0. The number of fused-ring (bicyclic) bond motifs is 1. The van der Waals surface area contributed by atoms with E-state index in [0.717, 1.165) is 0 Å². The van der Waals surface area contributed by atoms with Crippen molar-refractivity contribution < 1.29 is 0 Å². The maximum absolute atomic E-state index is 4.65. The number of hydrogen-bond acceptors (Lipinski definition) is 1. The summed E-state index contributed by atoms with van der Waals surface area (Å²) in [6.45, 7) is 0. The van der Waals surface area contributed by atoms with Gasteiger partial charge in [0.1, 0.15) is 0 Å². The molecule has 1 nitrogen and oxygen atoms in total. The monoisotopic (exact) mass is 337 g/mol. The van der Waals surface area contributed by atoms with Crippen LogP contribution in [0.25, 0.3) is 0 Å². The molecule has 1 aromatic rings. The van der Waals surface area contributed by atoms with Gasteiger partial charge in [-0.05, 0) is 37.3 Å². The summed E-state index contributed by atoms with van der Waals surface area (Å²) >= 11 is 0. The number of aryl methyl sites for hydroxylation is 2. The molecule has 0 N–H and O–H groups in total. The van der Waals surface area contributed by atoms with Gasteiger partial charge in [0, 0.05) is 11.9 Å². The Morgan fingerprint density at radius 1 is 0.565 bits per heavy atom. The summed E-state index contributed by atoms with van der Waals surface area (Å²) in [5, 5.41) is 0. The van der Waals surface area contributed by atoms with Gasteiger partial charge in [0.25, 0.3) is 0 Å². The van der Waals surface area contributed by atoms with Crippen LogP contribution < -0.4 is 0 Å². The van der Waals surface area contributed by atoms with Crippen LogP contribution >= 0.6 is 12.4 Å². The Balaban J connectivity index is 0.00000264. The van der Waals surface area contributed by atoms with Crippen LogP contribution in [0.2, 0.25) is 0 Å². The molecule has 23 heavy (non-hydrogen) atoms. The van der Waals surface area contributed by atoms with E-state index in [1.165, 1.54) is 114 Å². The lowest BCUT2D eigenvalue weighted by Gasteiger charge is -2.09. The minimum Gasteiger partial charge on any atom is -0.261 e. The Morgan fingerprint density at radius 3 is 1.52 bits per heavy atom. The lowest BCUT2D eigenvalue weighted by molar-refractivity contribution is 0.530. The quantitative estimate of drug-likeness (QED) is 0.493. The molecule has 0 bridgehead atoms. The zero-order valence-electron chi connectivity index (χ0n) is 14.9. The minimum absolute atomic E-state index is 0. The van der Waals surface area contributed by atoms with Gasteiger partial charge in [-0.25, -0.2) is 0 Å². The molecule has 0 aliphatic heterocycles. The average molecular weight is 338 g/mol. The van der Waals surface area contributed by atoms with E-state index < -0.39 is 0 Å². The summed E-state index contributed by atoms with van der Waals surface area (Å²) in [5.41, 5.74) is 2.90. The van der Waals surface area contributed by atoms with Crippen LogP contribution in [0.15, 0.2) is 18.3 Å². The molecule has 1 aliphatic carbocycles. The van der Waals surface area contributed by atoms with E-state index in [1.54, 1.807) is 0 Å². The lowest BCUT2D eigenvalue weighted by Crippen LogP contribution is -1.98. The highest BCUT2D eigenvalue weighted by Gasteiger charge is 2.04. The van der Waals surface area contributed by atoms with E-state index in [2.05, 4.69) is 17.1 Å². The Labute approximate surface area is 150 Å². The number of halogens is 1. The second-order valence-corrected chi connectivity index (χ2v) is 7.06. The molecule has 132 valence electrons. The second-order valence-electron chi connectivity index (χ2n) is 7.06. The number of nitrogens with zero attached hydrogens (tertiary/aromatic N) is 1. The van der Waals surface area contributed by atoms with Crippen LogP contribution in [0.3, 0.4) is 0 Å². The van der Waals surface area contributed by atoms with Gasteiger partial charge in [-0.15, -0.1) is 12.4 Å². The van der Waals surface area contributed by atoms with Crippen LogP contribution in [-0.2, 0) is 12.8 Å². The standard InChI is InChI=1S/C21H35N.ClH/c1-2-4-6-8-10-12-14-18-21-20(17-15-19-22-21)16-13-11-9-7-5-3-1;/h15,17,19H,1-14,16,18H2;1H. The van der Waals surface area contributed by atoms with Gasteiger partial charge in [-0.2, -0.15) is 0 Å². The highest BCUT2D eigenvalue weighted by molar-refractivity contribution is 5.85. The van der Waals surface area contributed by atoms with E-state index in [9.17, 15) is 0 Å². The van der Waals surface area contributed by atoms with Crippen LogP contribution in [0.1, 0.15) is 101 Å². The fourth-order valence-corrected chi connectivity index (χ4v) is 3.65. The number of aromatic nitrogens is 1. The first kappa shape index (κ1) is 20.5. The van der Waals surface area contributed by atoms with Gasteiger partial charge < -0.3 is 0 Å². The van der Waals surface area contributed by atoms with Crippen molar-refractivity contribution in [1.29, 1.82) is 0 Å². The summed E-state index contributed by atoms with van der Waals surface area (Å²) in [4.78, 5) is 4.65. The molecule has 0 spiro atoms. The number of pyridine rings is 1. The van der Waals surface area contributed by atoms with Crippen molar-refractivity contribution in [1.82, 2.24) is 4.98 Å². The third-order valence-corrected chi connectivity index (χ3v) is 5.09. The topological polar surface area (TPSA) is 12.9 Å². The lowest BCUT2D eigenvalue weighted by atomic mass is 9.99. The second kappa shape index (κ2) is 13.8. The summed E-state index contributed by atoms with van der Waals surface area (Å²) in [6.07, 6.45) is 24.4. The Morgan fingerprint density at radius 2 is 1.00 bits per heavy atom. The van der Waals surface area contributed by atoms with Gasteiger partial charge in [0.05, 0.1) is 0 Å². The Bertz CT molecular complexity index is 354. The number of rotatable bonds is 0. The molecule has 1 heterocycles. The normalized spacial score (nSPS) is 19.7. The van der Waals surface area contributed by atoms with Gasteiger partial charge in [0.2, 0.25) is 0 Å². The SMILES string of the molecule is Cl.c1cnc2c(c1)CCCCCCCCCCCCCCCC2. The Hall–Kier alpha value is -0.560. The van der Waals surface area contributed by atoms with E-state index >= 15 is 0 Å². The van der Waals surface area contributed by atoms with Crippen LogP contribution in [0, 0.1) is 0 Å². The molecule has 1 aliphatic rings. The summed E-state index contributed by atoms with van der Waals surface area (Å²) in [5.74, 6) is 0. The van der Waals surface area contributed by atoms with Crippen molar-refractivity contribution >= 4 is 12.4 Å². The maximum Gasteiger partial charge on any atom is 0.0435 e. The smallest absolute Gasteiger partial charge is 0.0435 e. The van der Waals surface area contributed by atoms with Gasteiger partial charge in [-0.3, -0.25) is 4.98 Å². The molecule has 0 aromatic carbocycles. The van der Waals surface area contributed by atoms with Gasteiger partial charge in [-0.1, -0.05) is 83.1 Å². The molecule has 0 amide bonds. The molecule has 0 saturated heterocycles. The summed E-state index contributed by atoms with van der Waals surface area (Å²) < 4.78 is 0. The van der Waals surface area contributed by atoms with Crippen LogP contribution in [-0.4, -0.2) is 4.98 Å². The fourth-order valence-electron chi connectivity index (χ4n) is 3.65. The van der Waals surface area contributed by atoms with Crippen molar-refractivity contribution in [3.05, 3.63) is 29.6 Å². The first-order valence-corrected chi connectivity index (χ1v) is 9.89. The average Bonchev–Trinajstić information content (AvgIpc) is 2.55. The number of hydrogen-bond donors (Lipinski definition) is 0. The van der Waals surface area contributed by atoms with Crippen molar-refractivity contribution in [3.63, 3.8) is 0 Å². The largest absolute Gasteiger partial charge is 0.261 e. The third-order valence-electron chi connectivity index (χ3n) is 5.09. The molecular formula is C21H36ClN. The zero-order chi connectivity index (χ0) is 15.3. The summed E-state index contributed by atoms with van der Waals surface area (Å²) in [6, 6.07) is 4.42. The summed E-state index contributed by atoms with van der Waals surface area (Å²) in [7, 11) is 0. The van der Waals surface area contributed by atoms with Crippen molar-refractivity contribution in [2.24, 2.45) is 0 Å².